The van der Waals surface area contributed by atoms with Crippen molar-refractivity contribution in [1.29, 1.82) is 0 Å². The quantitative estimate of drug-likeness (QED) is 0.774. The van der Waals surface area contributed by atoms with Gasteiger partial charge < -0.3 is 5.11 Å². The maximum atomic E-state index is 11.6. The van der Waals surface area contributed by atoms with Crippen LogP contribution in [-0.4, -0.2) is 21.8 Å². The second kappa shape index (κ2) is 5.07. The highest BCUT2D eigenvalue weighted by molar-refractivity contribution is 9.11. The van der Waals surface area contributed by atoms with Crippen LogP contribution in [0.15, 0.2) is 21.1 Å². The lowest BCUT2D eigenvalue weighted by atomic mass is 10.00. The minimum absolute atomic E-state index is 0.397. The summed E-state index contributed by atoms with van der Waals surface area (Å²) in [6.45, 7) is 0. The van der Waals surface area contributed by atoms with E-state index in [1.807, 2.05) is 12.1 Å². The van der Waals surface area contributed by atoms with E-state index >= 15 is 0 Å². The Bertz CT molecular complexity index is 703. The van der Waals surface area contributed by atoms with E-state index < -0.39 is 5.97 Å². The number of carboxylic acids is 1. The van der Waals surface area contributed by atoms with Crippen LogP contribution in [0.2, 0.25) is 0 Å². The zero-order chi connectivity index (χ0) is 13.6. The Morgan fingerprint density at radius 1 is 1.37 bits per heavy atom. The molecule has 0 fully saturated rings. The number of halogens is 2. The highest BCUT2D eigenvalue weighted by Crippen LogP contribution is 2.35. The number of benzene rings is 1. The molecule has 0 aliphatic carbocycles. The molecule has 0 spiro atoms. The molecule has 19 heavy (non-hydrogen) atoms. The van der Waals surface area contributed by atoms with E-state index in [1.165, 1.54) is 0 Å². The van der Waals surface area contributed by atoms with Crippen molar-refractivity contribution in [1.82, 2.24) is 4.98 Å². The third kappa shape index (κ3) is 2.30. The molecule has 98 valence electrons. The zero-order valence-electron chi connectivity index (χ0n) is 9.74. The predicted octanol–water partition coefficient (Wildman–Crippen LogP) is 4.25. The fourth-order valence-electron chi connectivity index (χ4n) is 2.33. The molecule has 0 atom stereocenters. The lowest BCUT2D eigenvalue weighted by molar-refractivity contribution is 0.0698. The molecular weight excluding hydrogens is 394 g/mol. The van der Waals surface area contributed by atoms with Gasteiger partial charge in [0.25, 0.3) is 0 Å². The number of nitrogens with zero attached hydrogens (tertiary/aromatic N) is 1. The Balaban J connectivity index is 2.46. The Labute approximate surface area is 131 Å². The molecule has 0 saturated carbocycles. The van der Waals surface area contributed by atoms with E-state index in [4.69, 9.17) is 0 Å². The molecule has 1 aromatic heterocycles. The van der Waals surface area contributed by atoms with Crippen LogP contribution in [0.25, 0.3) is 10.9 Å². The number of hydrogen-bond acceptors (Lipinski definition) is 3. The molecule has 2 heterocycles. The number of carboxylic acid groups (broad SMARTS) is 1. The van der Waals surface area contributed by atoms with E-state index in [1.54, 1.807) is 11.8 Å². The summed E-state index contributed by atoms with van der Waals surface area (Å²) in [4.78, 5) is 16.3. The number of hydrogen-bond donors (Lipinski definition) is 1. The van der Waals surface area contributed by atoms with Crippen molar-refractivity contribution in [2.75, 3.05) is 5.75 Å². The van der Waals surface area contributed by atoms with Crippen molar-refractivity contribution in [3.05, 3.63) is 37.9 Å². The number of aromatic carboxylic acids is 1. The van der Waals surface area contributed by atoms with Gasteiger partial charge in [-0.05, 0) is 45.8 Å². The number of aryl methyl sites for hydroxylation is 1. The average molecular weight is 403 g/mol. The predicted molar refractivity (Wildman–Crippen MR) is 84.0 cm³/mol. The van der Waals surface area contributed by atoms with Crippen molar-refractivity contribution < 1.29 is 9.90 Å². The van der Waals surface area contributed by atoms with Gasteiger partial charge in [0.05, 0.1) is 11.1 Å². The molecule has 0 amide bonds. The van der Waals surface area contributed by atoms with Crippen LogP contribution in [0.4, 0.5) is 0 Å². The minimum Gasteiger partial charge on any atom is -0.478 e. The summed E-state index contributed by atoms with van der Waals surface area (Å²) in [6, 6.07) is 3.72. The molecule has 1 aliphatic heterocycles. The number of rotatable bonds is 1. The number of thioether (sulfide) groups is 1. The number of fused-ring (bicyclic) bond motifs is 2. The maximum absolute atomic E-state index is 11.6. The fourth-order valence-corrected chi connectivity index (χ4v) is 4.64. The van der Waals surface area contributed by atoms with E-state index in [2.05, 4.69) is 36.8 Å². The highest BCUT2D eigenvalue weighted by Gasteiger charge is 2.23. The van der Waals surface area contributed by atoms with Crippen molar-refractivity contribution in [2.24, 2.45) is 0 Å². The molecule has 2 aromatic rings. The van der Waals surface area contributed by atoms with Crippen LogP contribution in [0.1, 0.15) is 21.6 Å². The van der Waals surface area contributed by atoms with Gasteiger partial charge in [0.15, 0.2) is 0 Å². The van der Waals surface area contributed by atoms with Gasteiger partial charge in [-0.2, -0.15) is 11.8 Å². The second-order valence-electron chi connectivity index (χ2n) is 4.30. The normalized spacial score (nSPS) is 14.4. The molecule has 1 N–H and O–H groups in total. The fraction of sp³-hybridized carbons (Fsp3) is 0.231. The molecule has 1 aromatic carbocycles. The van der Waals surface area contributed by atoms with E-state index in [0.29, 0.717) is 10.9 Å². The molecule has 0 bridgehead atoms. The SMILES string of the molecule is O=C(O)c1c2c(nc3c(Br)cc(Br)cc13)CCSC2. The molecule has 6 heteroatoms. The molecule has 0 unspecified atom stereocenters. The van der Waals surface area contributed by atoms with Gasteiger partial charge in [0, 0.05) is 25.8 Å². The molecule has 3 rings (SSSR count). The highest BCUT2D eigenvalue weighted by atomic mass is 79.9. The smallest absolute Gasteiger partial charge is 0.336 e. The third-order valence-corrected chi connectivity index (χ3v) is 5.19. The summed E-state index contributed by atoms with van der Waals surface area (Å²) >= 11 is 8.63. The van der Waals surface area contributed by atoms with Gasteiger partial charge in [-0.25, -0.2) is 4.79 Å². The number of aromatic nitrogens is 1. The first-order valence-electron chi connectivity index (χ1n) is 5.69. The van der Waals surface area contributed by atoms with Crippen LogP contribution >= 0.6 is 43.6 Å². The Morgan fingerprint density at radius 2 is 2.16 bits per heavy atom. The van der Waals surface area contributed by atoms with Gasteiger partial charge in [-0.1, -0.05) is 15.9 Å². The van der Waals surface area contributed by atoms with E-state index in [-0.39, 0.29) is 0 Å². The molecular formula is C13H9Br2NO2S. The lowest BCUT2D eigenvalue weighted by Gasteiger charge is -2.19. The van der Waals surface area contributed by atoms with Crippen LogP contribution in [-0.2, 0) is 12.2 Å². The summed E-state index contributed by atoms with van der Waals surface area (Å²) < 4.78 is 1.67. The topological polar surface area (TPSA) is 50.2 Å². The maximum Gasteiger partial charge on any atom is 0.336 e. The van der Waals surface area contributed by atoms with Crippen molar-refractivity contribution in [3.63, 3.8) is 0 Å². The minimum atomic E-state index is -0.879. The Hall–Kier alpha value is -0.590. The molecule has 0 saturated heterocycles. The van der Waals surface area contributed by atoms with Crippen LogP contribution in [0, 0.1) is 0 Å². The number of pyridine rings is 1. The third-order valence-electron chi connectivity index (χ3n) is 3.14. The van der Waals surface area contributed by atoms with Crippen molar-refractivity contribution >= 4 is 60.5 Å². The first-order chi connectivity index (χ1) is 9.08. The average Bonchev–Trinajstić information content (AvgIpc) is 2.36. The summed E-state index contributed by atoms with van der Waals surface area (Å²) in [6.07, 6.45) is 0.832. The summed E-state index contributed by atoms with van der Waals surface area (Å²) in [5.74, 6) is 0.846. The zero-order valence-corrected chi connectivity index (χ0v) is 13.7. The molecule has 0 radical (unpaired) electrons. The van der Waals surface area contributed by atoms with Gasteiger partial charge >= 0.3 is 5.97 Å². The van der Waals surface area contributed by atoms with Crippen LogP contribution in [0.5, 0.6) is 0 Å². The van der Waals surface area contributed by atoms with Crippen LogP contribution < -0.4 is 0 Å². The first-order valence-corrected chi connectivity index (χ1v) is 8.43. The monoisotopic (exact) mass is 401 g/mol. The Kier molecular flexibility index (Phi) is 3.57. The van der Waals surface area contributed by atoms with Gasteiger partial charge in [-0.3, -0.25) is 4.98 Å². The Morgan fingerprint density at radius 3 is 2.89 bits per heavy atom. The molecule has 3 nitrogen and oxygen atoms in total. The summed E-state index contributed by atoms with van der Waals surface area (Å²) in [5.41, 5.74) is 2.92. The largest absolute Gasteiger partial charge is 0.478 e. The van der Waals surface area contributed by atoms with Gasteiger partial charge in [-0.15, -0.1) is 0 Å². The van der Waals surface area contributed by atoms with Crippen molar-refractivity contribution in [3.8, 4) is 0 Å². The van der Waals surface area contributed by atoms with Crippen molar-refractivity contribution in [2.45, 2.75) is 12.2 Å². The lowest BCUT2D eigenvalue weighted by Crippen LogP contribution is -2.13. The second-order valence-corrected chi connectivity index (χ2v) is 7.18. The van der Waals surface area contributed by atoms with Gasteiger partial charge in [0.1, 0.15) is 0 Å². The number of carbonyl (C=O) groups is 1. The van der Waals surface area contributed by atoms with E-state index in [0.717, 1.165) is 43.6 Å². The first kappa shape index (κ1) is 13.4. The standard InChI is InChI=1S/C13H9Br2NO2S/c14-6-3-7-11(13(17)18)8-5-19-2-1-10(8)16-12(7)9(15)4-6/h3-4H,1-2,5H2,(H,17,18). The van der Waals surface area contributed by atoms with Crippen LogP contribution in [0.3, 0.4) is 0 Å². The summed E-state index contributed by atoms with van der Waals surface area (Å²) in [5, 5.41) is 10.2. The van der Waals surface area contributed by atoms with E-state index in [9.17, 15) is 9.90 Å². The van der Waals surface area contributed by atoms with Gasteiger partial charge in [0.2, 0.25) is 0 Å². The summed E-state index contributed by atoms with van der Waals surface area (Å²) in [7, 11) is 0. The molecule has 1 aliphatic rings.